The second kappa shape index (κ2) is 7.38. The van der Waals surface area contributed by atoms with Crippen LogP contribution in [0.3, 0.4) is 0 Å². The molecule has 3 heterocycles. The zero-order valence-electron chi connectivity index (χ0n) is 14.1. The molecular formula is C17H22N6O2. The molecule has 2 aliphatic rings. The highest BCUT2D eigenvalue weighted by atomic mass is 16.2. The van der Waals surface area contributed by atoms with E-state index < -0.39 is 6.03 Å². The van der Waals surface area contributed by atoms with Gasteiger partial charge in [-0.05, 0) is 25.0 Å². The number of carbonyl (C=O) groups is 2. The van der Waals surface area contributed by atoms with Crippen molar-refractivity contribution in [1.82, 2.24) is 14.8 Å². The highest BCUT2D eigenvalue weighted by Crippen LogP contribution is 2.21. The topological polar surface area (TPSA) is 107 Å². The number of nitriles is 1. The monoisotopic (exact) mass is 342 g/mol. The highest BCUT2D eigenvalue weighted by molar-refractivity contribution is 5.81. The molecule has 2 saturated heterocycles. The van der Waals surface area contributed by atoms with Crippen LogP contribution in [0.5, 0.6) is 0 Å². The predicted octanol–water partition coefficient (Wildman–Crippen LogP) is 0.393. The van der Waals surface area contributed by atoms with Crippen LogP contribution in [0.2, 0.25) is 0 Å². The standard InChI is InChI=1S/C17H22N6O2/c18-11-13-3-4-20-15(10-13)21-6-8-22(9-7-21)16(24)14-2-1-5-23(12-14)17(19)25/h3-4,10,14H,1-2,5-9,12H2,(H2,19,25)/t14-/m1/s1. The molecule has 1 aromatic rings. The Hall–Kier alpha value is -2.82. The van der Waals surface area contributed by atoms with E-state index in [0.717, 1.165) is 18.7 Å². The van der Waals surface area contributed by atoms with E-state index in [1.165, 1.54) is 0 Å². The average molecular weight is 342 g/mol. The molecule has 1 aromatic heterocycles. The number of amides is 3. The number of urea groups is 1. The first-order valence-electron chi connectivity index (χ1n) is 8.53. The first kappa shape index (κ1) is 17.0. The Balaban J connectivity index is 1.57. The van der Waals surface area contributed by atoms with E-state index in [1.807, 2.05) is 4.90 Å². The van der Waals surface area contributed by atoms with Crippen molar-refractivity contribution in [1.29, 1.82) is 5.26 Å². The molecule has 0 bridgehead atoms. The van der Waals surface area contributed by atoms with Crippen molar-refractivity contribution in [2.45, 2.75) is 12.8 Å². The third-order valence-electron chi connectivity index (χ3n) is 4.87. The molecule has 0 aliphatic carbocycles. The molecular weight excluding hydrogens is 320 g/mol. The fourth-order valence-corrected chi connectivity index (χ4v) is 3.45. The SMILES string of the molecule is N#Cc1ccnc(N2CCN(C(=O)[C@@H]3CCCN(C(N)=O)C3)CC2)c1. The Labute approximate surface area is 146 Å². The molecule has 8 nitrogen and oxygen atoms in total. The third kappa shape index (κ3) is 3.82. The van der Waals surface area contributed by atoms with Gasteiger partial charge in [-0.15, -0.1) is 0 Å². The first-order chi connectivity index (χ1) is 12.1. The van der Waals surface area contributed by atoms with Crippen molar-refractivity contribution < 1.29 is 9.59 Å². The minimum atomic E-state index is -0.453. The summed E-state index contributed by atoms with van der Waals surface area (Å²) in [5, 5.41) is 8.99. The lowest BCUT2D eigenvalue weighted by Gasteiger charge is -2.39. The lowest BCUT2D eigenvalue weighted by Crippen LogP contribution is -2.53. The molecule has 0 aromatic carbocycles. The van der Waals surface area contributed by atoms with E-state index >= 15 is 0 Å². The maximum atomic E-state index is 12.7. The zero-order chi connectivity index (χ0) is 17.8. The third-order valence-corrected chi connectivity index (χ3v) is 4.87. The summed E-state index contributed by atoms with van der Waals surface area (Å²) in [6.45, 7) is 3.64. The van der Waals surface area contributed by atoms with Gasteiger partial charge in [0, 0.05) is 45.5 Å². The van der Waals surface area contributed by atoms with Gasteiger partial charge in [-0.25, -0.2) is 9.78 Å². The number of nitrogens with two attached hydrogens (primary N) is 1. The van der Waals surface area contributed by atoms with Gasteiger partial charge < -0.3 is 20.4 Å². The van der Waals surface area contributed by atoms with Crippen molar-refractivity contribution in [3.05, 3.63) is 23.9 Å². The number of rotatable bonds is 2. The number of hydrogen-bond acceptors (Lipinski definition) is 5. The molecule has 2 fully saturated rings. The van der Waals surface area contributed by atoms with Gasteiger partial charge in [0.05, 0.1) is 17.6 Å². The number of likely N-dealkylation sites (tertiary alicyclic amines) is 1. The second-order valence-corrected chi connectivity index (χ2v) is 6.45. The zero-order valence-corrected chi connectivity index (χ0v) is 14.1. The maximum Gasteiger partial charge on any atom is 0.314 e. The molecule has 3 rings (SSSR count). The van der Waals surface area contributed by atoms with Crippen LogP contribution in [0.15, 0.2) is 18.3 Å². The van der Waals surface area contributed by atoms with E-state index in [0.29, 0.717) is 44.8 Å². The lowest BCUT2D eigenvalue weighted by molar-refractivity contribution is -0.137. The van der Waals surface area contributed by atoms with Gasteiger partial charge in [0.2, 0.25) is 5.91 Å². The van der Waals surface area contributed by atoms with Crippen LogP contribution in [0.1, 0.15) is 18.4 Å². The number of aromatic nitrogens is 1. The molecule has 25 heavy (non-hydrogen) atoms. The second-order valence-electron chi connectivity index (χ2n) is 6.45. The number of pyridine rings is 1. The van der Waals surface area contributed by atoms with Crippen molar-refractivity contribution in [3.63, 3.8) is 0 Å². The van der Waals surface area contributed by atoms with Gasteiger partial charge in [0.15, 0.2) is 0 Å². The normalized spacial score (nSPS) is 20.9. The van der Waals surface area contributed by atoms with Crippen LogP contribution in [-0.4, -0.2) is 66.0 Å². The number of hydrogen-bond donors (Lipinski definition) is 1. The number of carbonyl (C=O) groups excluding carboxylic acids is 2. The molecule has 1 atom stereocenters. The van der Waals surface area contributed by atoms with Crippen molar-refractivity contribution in [3.8, 4) is 6.07 Å². The van der Waals surface area contributed by atoms with Crippen LogP contribution in [0.4, 0.5) is 10.6 Å². The van der Waals surface area contributed by atoms with E-state index in [-0.39, 0.29) is 11.8 Å². The molecule has 3 amide bonds. The van der Waals surface area contributed by atoms with E-state index in [4.69, 9.17) is 11.0 Å². The van der Waals surface area contributed by atoms with Gasteiger partial charge in [0.25, 0.3) is 0 Å². The van der Waals surface area contributed by atoms with Gasteiger partial charge in [-0.2, -0.15) is 5.26 Å². The molecule has 0 spiro atoms. The lowest BCUT2D eigenvalue weighted by atomic mass is 9.96. The van der Waals surface area contributed by atoms with E-state index in [1.54, 1.807) is 23.2 Å². The van der Waals surface area contributed by atoms with Crippen LogP contribution >= 0.6 is 0 Å². The summed E-state index contributed by atoms with van der Waals surface area (Å²) in [7, 11) is 0. The van der Waals surface area contributed by atoms with Crippen LogP contribution in [-0.2, 0) is 4.79 Å². The number of piperazine rings is 1. The van der Waals surface area contributed by atoms with Crippen molar-refractivity contribution in [2.24, 2.45) is 11.7 Å². The molecule has 0 unspecified atom stereocenters. The number of nitrogens with zero attached hydrogens (tertiary/aromatic N) is 5. The largest absolute Gasteiger partial charge is 0.353 e. The summed E-state index contributed by atoms with van der Waals surface area (Å²) >= 11 is 0. The van der Waals surface area contributed by atoms with Crippen LogP contribution in [0, 0.1) is 17.2 Å². The summed E-state index contributed by atoms with van der Waals surface area (Å²) in [5.41, 5.74) is 5.92. The summed E-state index contributed by atoms with van der Waals surface area (Å²) in [6, 6.07) is 5.11. The Morgan fingerprint density at radius 1 is 1.20 bits per heavy atom. The minimum Gasteiger partial charge on any atom is -0.353 e. The number of primary amides is 1. The average Bonchev–Trinajstić information content (AvgIpc) is 2.67. The smallest absolute Gasteiger partial charge is 0.314 e. The maximum absolute atomic E-state index is 12.7. The van der Waals surface area contributed by atoms with Crippen LogP contribution < -0.4 is 10.6 Å². The Bertz CT molecular complexity index is 693. The van der Waals surface area contributed by atoms with Gasteiger partial charge in [0.1, 0.15) is 5.82 Å². The molecule has 2 N–H and O–H groups in total. The summed E-state index contributed by atoms with van der Waals surface area (Å²) in [4.78, 5) is 33.9. The van der Waals surface area contributed by atoms with E-state index in [9.17, 15) is 9.59 Å². The number of anilines is 1. The van der Waals surface area contributed by atoms with Crippen molar-refractivity contribution >= 4 is 17.8 Å². The van der Waals surface area contributed by atoms with Gasteiger partial charge >= 0.3 is 6.03 Å². The Kier molecular flexibility index (Phi) is 5.03. The Morgan fingerprint density at radius 3 is 2.64 bits per heavy atom. The van der Waals surface area contributed by atoms with Crippen LogP contribution in [0.25, 0.3) is 0 Å². The fourth-order valence-electron chi connectivity index (χ4n) is 3.45. The molecule has 132 valence electrons. The minimum absolute atomic E-state index is 0.101. The first-order valence-corrected chi connectivity index (χ1v) is 8.53. The summed E-state index contributed by atoms with van der Waals surface area (Å²) in [5.74, 6) is 0.709. The fraction of sp³-hybridized carbons (Fsp3) is 0.529. The summed E-state index contributed by atoms with van der Waals surface area (Å²) < 4.78 is 0. The highest BCUT2D eigenvalue weighted by Gasteiger charge is 2.32. The molecule has 0 radical (unpaired) electrons. The quantitative estimate of drug-likeness (QED) is 0.837. The molecule has 8 heteroatoms. The molecule has 0 saturated carbocycles. The van der Waals surface area contributed by atoms with E-state index in [2.05, 4.69) is 16.0 Å². The molecule has 2 aliphatic heterocycles. The Morgan fingerprint density at radius 2 is 1.96 bits per heavy atom. The van der Waals surface area contributed by atoms with Gasteiger partial charge in [-0.3, -0.25) is 4.79 Å². The number of piperidine rings is 1. The summed E-state index contributed by atoms with van der Waals surface area (Å²) in [6.07, 6.45) is 3.24. The van der Waals surface area contributed by atoms with Crippen molar-refractivity contribution in [2.75, 3.05) is 44.2 Å². The van der Waals surface area contributed by atoms with Gasteiger partial charge in [-0.1, -0.05) is 0 Å². The predicted molar refractivity (Wildman–Crippen MR) is 91.6 cm³/mol.